The Morgan fingerprint density at radius 2 is 1.84 bits per heavy atom. The van der Waals surface area contributed by atoms with E-state index >= 15 is 0 Å². The van der Waals surface area contributed by atoms with Gasteiger partial charge in [-0.15, -0.1) is 0 Å². The summed E-state index contributed by atoms with van der Waals surface area (Å²) in [7, 11) is 3.61. The second-order valence-electron chi connectivity index (χ2n) is 10.2. The first-order valence-corrected chi connectivity index (χ1v) is 13.0. The molecule has 5 rings (SSSR count). The summed E-state index contributed by atoms with van der Waals surface area (Å²) in [5.74, 6) is 0.411. The third-order valence-corrected chi connectivity index (χ3v) is 7.37. The number of nitrogens with two attached hydrogens (primary N) is 1. The van der Waals surface area contributed by atoms with Gasteiger partial charge in [-0.3, -0.25) is 9.59 Å². The van der Waals surface area contributed by atoms with E-state index in [1.54, 1.807) is 19.0 Å². The Labute approximate surface area is 222 Å². The van der Waals surface area contributed by atoms with Crippen LogP contribution in [0.25, 0.3) is 22.3 Å². The highest BCUT2D eigenvalue weighted by Gasteiger charge is 2.31. The molecule has 3 N–H and O–H groups in total. The second-order valence-corrected chi connectivity index (χ2v) is 10.2. The number of nitrogen functional groups attached to an aromatic ring is 1. The fourth-order valence-corrected chi connectivity index (χ4v) is 5.31. The highest BCUT2D eigenvalue weighted by molar-refractivity contribution is 5.98. The van der Waals surface area contributed by atoms with Crippen molar-refractivity contribution in [1.29, 1.82) is 0 Å². The SMILES string of the molecule is Cc1ccccc1C(=O)NCc1ccc(-c2nn(C3CCCC(C(=O)N(C)C)C3)c3ncnc(N)c23)cc1. The van der Waals surface area contributed by atoms with E-state index in [9.17, 15) is 9.59 Å². The molecule has 4 aromatic rings. The van der Waals surface area contributed by atoms with E-state index in [1.807, 2.05) is 60.1 Å². The molecule has 2 atom stereocenters. The van der Waals surface area contributed by atoms with E-state index in [0.717, 1.165) is 48.1 Å². The highest BCUT2D eigenvalue weighted by Crippen LogP contribution is 2.38. The molecule has 0 saturated heterocycles. The number of carbonyl (C=O) groups is 2. The first-order valence-electron chi connectivity index (χ1n) is 13.0. The van der Waals surface area contributed by atoms with Gasteiger partial charge in [0.2, 0.25) is 5.91 Å². The first-order chi connectivity index (χ1) is 18.3. The summed E-state index contributed by atoms with van der Waals surface area (Å²) in [4.78, 5) is 35.7. The largest absolute Gasteiger partial charge is 0.383 e. The molecule has 38 heavy (non-hydrogen) atoms. The topological polar surface area (TPSA) is 119 Å². The van der Waals surface area contributed by atoms with Gasteiger partial charge in [0.25, 0.3) is 5.91 Å². The van der Waals surface area contributed by atoms with Gasteiger partial charge in [0.15, 0.2) is 5.65 Å². The van der Waals surface area contributed by atoms with Crippen molar-refractivity contribution in [2.45, 2.75) is 45.2 Å². The summed E-state index contributed by atoms with van der Waals surface area (Å²) in [6.07, 6.45) is 4.95. The van der Waals surface area contributed by atoms with E-state index in [-0.39, 0.29) is 23.8 Å². The Morgan fingerprint density at radius 3 is 2.58 bits per heavy atom. The molecule has 2 heterocycles. The van der Waals surface area contributed by atoms with Crippen LogP contribution in [0.3, 0.4) is 0 Å². The number of hydrogen-bond donors (Lipinski definition) is 2. The Balaban J connectivity index is 1.39. The molecule has 1 aliphatic carbocycles. The monoisotopic (exact) mass is 511 g/mol. The molecule has 0 aliphatic heterocycles. The van der Waals surface area contributed by atoms with Gasteiger partial charge in [0, 0.05) is 37.7 Å². The van der Waals surface area contributed by atoms with E-state index in [2.05, 4.69) is 15.3 Å². The van der Waals surface area contributed by atoms with Crippen LogP contribution in [0, 0.1) is 12.8 Å². The zero-order valence-electron chi connectivity index (χ0n) is 22.0. The molecule has 2 amide bonds. The fourth-order valence-electron chi connectivity index (χ4n) is 5.31. The number of nitrogens with zero attached hydrogens (tertiary/aromatic N) is 5. The zero-order valence-corrected chi connectivity index (χ0v) is 22.0. The summed E-state index contributed by atoms with van der Waals surface area (Å²) in [5, 5.41) is 8.68. The number of aromatic nitrogens is 4. The number of nitrogens with one attached hydrogen (secondary N) is 1. The predicted octanol–water partition coefficient (Wildman–Crippen LogP) is 4.13. The lowest BCUT2D eigenvalue weighted by Gasteiger charge is -2.30. The number of hydrogen-bond acceptors (Lipinski definition) is 6. The lowest BCUT2D eigenvalue weighted by molar-refractivity contribution is -0.134. The number of anilines is 1. The summed E-state index contributed by atoms with van der Waals surface area (Å²) in [6, 6.07) is 15.5. The molecule has 1 fully saturated rings. The van der Waals surface area contributed by atoms with Gasteiger partial charge in [-0.2, -0.15) is 5.10 Å². The number of aryl methyl sites for hydroxylation is 1. The lowest BCUT2D eigenvalue weighted by Crippen LogP contribution is -2.33. The van der Waals surface area contributed by atoms with Crippen LogP contribution in [0.4, 0.5) is 5.82 Å². The molecular formula is C29H33N7O2. The van der Waals surface area contributed by atoms with Crippen molar-refractivity contribution in [3.05, 3.63) is 71.5 Å². The average molecular weight is 512 g/mol. The van der Waals surface area contributed by atoms with Crippen LogP contribution < -0.4 is 11.1 Å². The minimum Gasteiger partial charge on any atom is -0.383 e. The van der Waals surface area contributed by atoms with E-state index < -0.39 is 0 Å². The van der Waals surface area contributed by atoms with Crippen molar-refractivity contribution >= 4 is 28.7 Å². The second kappa shape index (κ2) is 10.6. The fraction of sp³-hybridized carbons (Fsp3) is 0.345. The molecule has 9 heteroatoms. The Kier molecular flexibility index (Phi) is 7.09. The van der Waals surface area contributed by atoms with Gasteiger partial charge in [-0.1, -0.05) is 48.9 Å². The van der Waals surface area contributed by atoms with Crippen LogP contribution in [-0.2, 0) is 11.3 Å². The normalized spacial score (nSPS) is 17.3. The van der Waals surface area contributed by atoms with Crippen molar-refractivity contribution in [3.8, 4) is 11.3 Å². The smallest absolute Gasteiger partial charge is 0.251 e. The number of benzene rings is 2. The van der Waals surface area contributed by atoms with Gasteiger partial charge < -0.3 is 16.0 Å². The van der Waals surface area contributed by atoms with Crippen LogP contribution in [0.15, 0.2) is 54.9 Å². The molecule has 9 nitrogen and oxygen atoms in total. The van der Waals surface area contributed by atoms with Gasteiger partial charge in [0.05, 0.1) is 11.4 Å². The lowest BCUT2D eigenvalue weighted by atomic mass is 9.85. The first kappa shape index (κ1) is 25.4. The van der Waals surface area contributed by atoms with Crippen LogP contribution in [0.5, 0.6) is 0 Å². The summed E-state index contributed by atoms with van der Waals surface area (Å²) in [5.41, 5.74) is 11.2. The standard InChI is InChI=1S/C29H33N7O2/c1-18-7-4-5-10-23(18)28(37)31-16-19-11-13-20(14-12-19)25-24-26(30)32-17-33-27(24)36(34-25)22-9-6-8-21(15-22)29(38)35(2)3/h4-5,7,10-14,17,21-22H,6,8-9,15-16H2,1-3H3,(H,31,37)(H2,30,32,33). The third-order valence-electron chi connectivity index (χ3n) is 7.37. The number of carbonyl (C=O) groups excluding carboxylic acids is 2. The Morgan fingerprint density at radius 1 is 1.08 bits per heavy atom. The van der Waals surface area contributed by atoms with E-state index in [4.69, 9.17) is 10.8 Å². The number of rotatable bonds is 6. The predicted molar refractivity (Wildman–Crippen MR) is 147 cm³/mol. The minimum atomic E-state index is -0.0969. The van der Waals surface area contributed by atoms with Crippen molar-refractivity contribution < 1.29 is 9.59 Å². The summed E-state index contributed by atoms with van der Waals surface area (Å²) < 4.78 is 1.94. The van der Waals surface area contributed by atoms with E-state index in [0.29, 0.717) is 29.0 Å². The Hall–Kier alpha value is -4.27. The van der Waals surface area contributed by atoms with Crippen LogP contribution in [0.1, 0.15) is 53.2 Å². The summed E-state index contributed by atoms with van der Waals surface area (Å²) >= 11 is 0. The quantitative estimate of drug-likeness (QED) is 0.402. The van der Waals surface area contributed by atoms with Crippen LogP contribution >= 0.6 is 0 Å². The molecule has 2 aromatic carbocycles. The molecule has 1 aliphatic rings. The van der Waals surface area contributed by atoms with Crippen molar-refractivity contribution in [3.63, 3.8) is 0 Å². The number of fused-ring (bicyclic) bond motifs is 1. The van der Waals surface area contributed by atoms with Gasteiger partial charge in [-0.25, -0.2) is 14.6 Å². The van der Waals surface area contributed by atoms with Gasteiger partial charge in [-0.05, 0) is 43.4 Å². The van der Waals surface area contributed by atoms with Crippen molar-refractivity contribution in [1.82, 2.24) is 30.0 Å². The minimum absolute atomic E-state index is 0.0280. The molecule has 196 valence electrons. The van der Waals surface area contributed by atoms with E-state index in [1.165, 1.54) is 6.33 Å². The Bertz CT molecular complexity index is 1480. The highest BCUT2D eigenvalue weighted by atomic mass is 16.2. The molecule has 2 unspecified atom stereocenters. The summed E-state index contributed by atoms with van der Waals surface area (Å²) in [6.45, 7) is 2.34. The molecule has 0 bridgehead atoms. The maximum Gasteiger partial charge on any atom is 0.251 e. The van der Waals surface area contributed by atoms with Crippen molar-refractivity contribution in [2.24, 2.45) is 5.92 Å². The molecule has 2 aromatic heterocycles. The molecular weight excluding hydrogens is 478 g/mol. The molecule has 1 saturated carbocycles. The third kappa shape index (κ3) is 4.96. The maximum absolute atomic E-state index is 12.7. The van der Waals surface area contributed by atoms with Gasteiger partial charge >= 0.3 is 0 Å². The molecule has 0 spiro atoms. The van der Waals surface area contributed by atoms with Gasteiger partial charge in [0.1, 0.15) is 17.8 Å². The number of amides is 2. The van der Waals surface area contributed by atoms with Crippen molar-refractivity contribution in [2.75, 3.05) is 19.8 Å². The molecule has 0 radical (unpaired) electrons. The zero-order chi connectivity index (χ0) is 26.8. The van der Waals surface area contributed by atoms with Crippen LogP contribution in [-0.4, -0.2) is 50.6 Å². The maximum atomic E-state index is 12.7. The van der Waals surface area contributed by atoms with Crippen LogP contribution in [0.2, 0.25) is 0 Å². The average Bonchev–Trinajstić information content (AvgIpc) is 3.33.